The van der Waals surface area contributed by atoms with E-state index in [0.717, 1.165) is 6.07 Å². The second kappa shape index (κ2) is 6.07. The number of nitrogens with one attached hydrogen (secondary N) is 1. The molecule has 104 valence electrons. The van der Waals surface area contributed by atoms with Crippen molar-refractivity contribution in [2.45, 2.75) is 13.3 Å². The van der Waals surface area contributed by atoms with E-state index >= 15 is 0 Å². The van der Waals surface area contributed by atoms with Gasteiger partial charge in [-0.25, -0.2) is 9.97 Å². The van der Waals surface area contributed by atoms with Crippen molar-refractivity contribution in [3.05, 3.63) is 47.8 Å². The first-order valence-electron chi connectivity index (χ1n) is 5.94. The zero-order valence-corrected chi connectivity index (χ0v) is 10.7. The summed E-state index contributed by atoms with van der Waals surface area (Å²) in [6.45, 7) is 1.68. The molecule has 0 aliphatic heterocycles. The lowest BCUT2D eigenvalue weighted by Crippen LogP contribution is -2.26. The van der Waals surface area contributed by atoms with Crippen molar-refractivity contribution in [2.24, 2.45) is 0 Å². The lowest BCUT2D eigenvalue weighted by atomic mass is 10.3. The van der Waals surface area contributed by atoms with Crippen LogP contribution in [0.25, 0.3) is 0 Å². The third-order valence-electron chi connectivity index (χ3n) is 2.61. The van der Waals surface area contributed by atoms with Crippen LogP contribution in [0.1, 0.15) is 13.3 Å². The van der Waals surface area contributed by atoms with Crippen LogP contribution < -0.4 is 10.4 Å². The quantitative estimate of drug-likeness (QED) is 0.685. The maximum atomic E-state index is 13.2. The third-order valence-corrected chi connectivity index (χ3v) is 2.61. The van der Waals surface area contributed by atoms with Gasteiger partial charge in [0.1, 0.15) is 5.82 Å². The molecule has 2 rings (SSSR count). The highest BCUT2D eigenvalue weighted by Crippen LogP contribution is 2.26. The second-order valence-electron chi connectivity index (χ2n) is 3.92. The molecule has 0 unspecified atom stereocenters. The molecule has 0 radical (unpaired) electrons. The molecule has 2 aromatic rings. The van der Waals surface area contributed by atoms with Crippen LogP contribution in [0, 0.1) is 11.2 Å². The van der Waals surface area contributed by atoms with Gasteiger partial charge in [-0.2, -0.15) is 4.39 Å². The molecule has 1 N–H and O–H groups in total. The topological polar surface area (TPSA) is 81.2 Å². The Morgan fingerprint density at radius 2 is 2.10 bits per heavy atom. The molecule has 0 aliphatic rings. The smallest absolute Gasteiger partial charge is 0.232 e. The Hall–Kier alpha value is -2.54. The number of hydrogen-bond donors (Lipinski definition) is 1. The lowest BCUT2D eigenvalue weighted by molar-refractivity contribution is -0.117. The number of nitrogens with zero attached hydrogens (tertiary/aromatic N) is 3. The molecule has 0 atom stereocenters. The summed E-state index contributed by atoms with van der Waals surface area (Å²) < 4.78 is 13.2. The van der Waals surface area contributed by atoms with E-state index in [2.05, 4.69) is 9.97 Å². The maximum absolute atomic E-state index is 13.2. The first kappa shape index (κ1) is 13.9. The molecular weight excluding hydrogens is 263 g/mol. The van der Waals surface area contributed by atoms with E-state index in [4.69, 9.17) is 0 Å². The molecule has 0 saturated carbocycles. The average Bonchev–Trinajstić information content (AvgIpc) is 2.47. The van der Waals surface area contributed by atoms with Crippen LogP contribution >= 0.6 is 0 Å². The fourth-order valence-corrected chi connectivity index (χ4v) is 1.70. The number of halogens is 1. The van der Waals surface area contributed by atoms with Crippen molar-refractivity contribution >= 4 is 23.1 Å². The summed E-state index contributed by atoms with van der Waals surface area (Å²) in [5.74, 6) is -0.732. The fraction of sp³-hybridized carbons (Fsp3) is 0.154. The average molecular weight is 275 g/mol. The molecule has 0 aromatic carbocycles. The molecule has 0 bridgehead atoms. The molecule has 20 heavy (non-hydrogen) atoms. The highest BCUT2D eigenvalue weighted by molar-refractivity contribution is 5.99. The van der Waals surface area contributed by atoms with E-state index in [1.165, 1.54) is 35.5 Å². The van der Waals surface area contributed by atoms with E-state index < -0.39 is 5.95 Å². The Kier molecular flexibility index (Phi) is 4.21. The van der Waals surface area contributed by atoms with Gasteiger partial charge >= 0.3 is 0 Å². The minimum atomic E-state index is -0.700. The number of hydrogen-bond acceptors (Lipinski definition) is 5. The summed E-state index contributed by atoms with van der Waals surface area (Å²) in [6.07, 6.45) is 2.86. The van der Waals surface area contributed by atoms with Crippen LogP contribution in [0.3, 0.4) is 0 Å². The minimum absolute atomic E-state index is 0.209. The van der Waals surface area contributed by atoms with Gasteiger partial charge in [-0.05, 0) is 12.1 Å². The largest absolute Gasteiger partial charge is 0.761 e. The molecule has 1 amide bonds. The van der Waals surface area contributed by atoms with Gasteiger partial charge in [-0.1, -0.05) is 6.92 Å². The summed E-state index contributed by atoms with van der Waals surface area (Å²) in [5, 5.41) is 10.7. The van der Waals surface area contributed by atoms with Crippen molar-refractivity contribution in [1.82, 2.24) is 9.97 Å². The first-order chi connectivity index (χ1) is 9.65. The van der Waals surface area contributed by atoms with Gasteiger partial charge in [-0.15, -0.1) is 0 Å². The van der Waals surface area contributed by atoms with E-state index in [0.29, 0.717) is 5.69 Å². The number of rotatable bonds is 4. The van der Waals surface area contributed by atoms with Gasteiger partial charge in [0.2, 0.25) is 11.9 Å². The highest BCUT2D eigenvalue weighted by atomic mass is 19.1. The Morgan fingerprint density at radius 1 is 1.35 bits per heavy atom. The molecule has 7 heteroatoms. The van der Waals surface area contributed by atoms with E-state index in [1.807, 2.05) is 0 Å². The van der Waals surface area contributed by atoms with Crippen LogP contribution in [0.5, 0.6) is 0 Å². The number of amides is 1. The normalized spacial score (nSPS) is 10.2. The van der Waals surface area contributed by atoms with Crippen molar-refractivity contribution in [1.29, 1.82) is 0 Å². The van der Waals surface area contributed by atoms with Gasteiger partial charge < -0.3 is 10.7 Å². The number of carbonyl (C=O) groups excluding carboxylic acids is 1. The molecule has 6 nitrogen and oxygen atoms in total. The fourth-order valence-electron chi connectivity index (χ4n) is 1.70. The van der Waals surface area contributed by atoms with Gasteiger partial charge in [0, 0.05) is 36.6 Å². The standard InChI is InChI=1S/C13H12FN4O2/c1-2-13(19)18(10-4-6-15-11(14)8-10)12-7-9(17-20)3-5-16-12/h3-8H,2H2,1H3,(H-,16,17,20)/q-1. The van der Waals surface area contributed by atoms with E-state index in [-0.39, 0.29) is 23.8 Å². The summed E-state index contributed by atoms with van der Waals surface area (Å²) in [7, 11) is 0. The van der Waals surface area contributed by atoms with E-state index in [9.17, 15) is 14.4 Å². The predicted molar refractivity (Wildman–Crippen MR) is 72.9 cm³/mol. The van der Waals surface area contributed by atoms with Crippen molar-refractivity contribution in [2.75, 3.05) is 10.4 Å². The summed E-state index contributed by atoms with van der Waals surface area (Å²) in [4.78, 5) is 20.8. The maximum Gasteiger partial charge on any atom is 0.232 e. The summed E-state index contributed by atoms with van der Waals surface area (Å²) in [5.41, 5.74) is 2.30. The van der Waals surface area contributed by atoms with Gasteiger partial charge in [0.05, 0.1) is 5.69 Å². The number of aromatic nitrogens is 2. The Bertz CT molecular complexity index is 621. The Balaban J connectivity index is 2.49. The summed E-state index contributed by atoms with van der Waals surface area (Å²) in [6, 6.07) is 5.51. The lowest BCUT2D eigenvalue weighted by Gasteiger charge is -2.22. The molecule has 0 aliphatic carbocycles. The van der Waals surface area contributed by atoms with Crippen molar-refractivity contribution < 1.29 is 9.18 Å². The second-order valence-corrected chi connectivity index (χ2v) is 3.92. The monoisotopic (exact) mass is 275 g/mol. The zero-order chi connectivity index (χ0) is 14.5. The number of carbonyl (C=O) groups is 1. The third kappa shape index (κ3) is 2.89. The molecule has 0 fully saturated rings. The molecule has 0 spiro atoms. The summed E-state index contributed by atoms with van der Waals surface area (Å²) >= 11 is 0. The number of anilines is 3. The van der Waals surface area contributed by atoms with Crippen LogP contribution in [-0.2, 0) is 4.79 Å². The molecule has 2 heterocycles. The molecular formula is C13H12FN4O2-. The minimum Gasteiger partial charge on any atom is -0.761 e. The Morgan fingerprint density at radius 3 is 2.75 bits per heavy atom. The SMILES string of the molecule is CCC(=O)N(c1ccnc(F)c1)c1cc(N[O-])ccn1. The van der Waals surface area contributed by atoms with Gasteiger partial charge in [-0.3, -0.25) is 9.69 Å². The van der Waals surface area contributed by atoms with Gasteiger partial charge in [0.15, 0.2) is 0 Å². The Labute approximate surface area is 114 Å². The van der Waals surface area contributed by atoms with Crippen LogP contribution in [0.15, 0.2) is 36.7 Å². The first-order valence-corrected chi connectivity index (χ1v) is 5.94. The van der Waals surface area contributed by atoms with Gasteiger partial charge in [0.25, 0.3) is 0 Å². The zero-order valence-electron chi connectivity index (χ0n) is 10.7. The van der Waals surface area contributed by atoms with Crippen molar-refractivity contribution in [3.8, 4) is 0 Å². The number of pyridine rings is 2. The highest BCUT2D eigenvalue weighted by Gasteiger charge is 2.18. The molecule has 2 aromatic heterocycles. The molecule has 0 saturated heterocycles. The van der Waals surface area contributed by atoms with Crippen LogP contribution in [-0.4, -0.2) is 15.9 Å². The van der Waals surface area contributed by atoms with Crippen LogP contribution in [0.2, 0.25) is 0 Å². The van der Waals surface area contributed by atoms with Crippen LogP contribution in [0.4, 0.5) is 21.6 Å². The van der Waals surface area contributed by atoms with E-state index in [1.54, 1.807) is 12.4 Å². The van der Waals surface area contributed by atoms with Crippen molar-refractivity contribution in [3.63, 3.8) is 0 Å². The predicted octanol–water partition coefficient (Wildman–Crippen LogP) is 2.60.